The van der Waals surface area contributed by atoms with Crippen LogP contribution in [-0.4, -0.2) is 30.7 Å². The third kappa shape index (κ3) is 4.41. The minimum Gasteiger partial charge on any atom is -0.481 e. The van der Waals surface area contributed by atoms with Gasteiger partial charge in [-0.05, 0) is 12.1 Å². The van der Waals surface area contributed by atoms with Crippen LogP contribution in [0.3, 0.4) is 0 Å². The van der Waals surface area contributed by atoms with Crippen LogP contribution in [-0.2, 0) is 27.3 Å². The van der Waals surface area contributed by atoms with Crippen LogP contribution >= 0.6 is 11.3 Å². The van der Waals surface area contributed by atoms with Gasteiger partial charge in [0.15, 0.2) is 0 Å². The second-order valence-electron chi connectivity index (χ2n) is 3.12. The number of hydrogen-bond acceptors (Lipinski definition) is 5. The Morgan fingerprint density at radius 1 is 1.44 bits per heavy atom. The molecule has 0 saturated heterocycles. The summed E-state index contributed by atoms with van der Waals surface area (Å²) >= 11 is 1.43. The lowest BCUT2D eigenvalue weighted by molar-refractivity contribution is -0.139. The molecule has 2 N–H and O–H groups in total. The van der Waals surface area contributed by atoms with Gasteiger partial charge in [-0.1, -0.05) is 0 Å². The van der Waals surface area contributed by atoms with Crippen molar-refractivity contribution in [3.63, 3.8) is 0 Å². The summed E-state index contributed by atoms with van der Waals surface area (Å²) in [4.78, 5) is 23.1. The zero-order valence-electron chi connectivity index (χ0n) is 8.86. The van der Waals surface area contributed by atoms with E-state index >= 15 is 0 Å². The summed E-state index contributed by atoms with van der Waals surface area (Å²) in [6.07, 6.45) is 0.0433. The number of rotatable bonds is 6. The van der Waals surface area contributed by atoms with Crippen molar-refractivity contribution >= 4 is 23.3 Å². The van der Waals surface area contributed by atoms with Crippen molar-refractivity contribution < 1.29 is 19.4 Å². The molecular weight excluding hydrogens is 230 g/mol. The quantitative estimate of drug-likeness (QED) is 0.717. The summed E-state index contributed by atoms with van der Waals surface area (Å²) in [7, 11) is 1.33. The molecule has 16 heavy (non-hydrogen) atoms. The fraction of sp³-hybridized carbons (Fsp3) is 0.400. The molecule has 88 valence electrons. The summed E-state index contributed by atoms with van der Waals surface area (Å²) in [5.74, 6) is -1.15. The Balaban J connectivity index is 2.34. The largest absolute Gasteiger partial charge is 0.481 e. The van der Waals surface area contributed by atoms with Gasteiger partial charge in [0.2, 0.25) is 0 Å². The number of thiophene rings is 1. The molecule has 0 radical (unpaired) electrons. The zero-order valence-corrected chi connectivity index (χ0v) is 9.67. The minimum absolute atomic E-state index is 0.0433. The molecule has 0 aliphatic rings. The minimum atomic E-state index is -0.837. The number of ether oxygens (including phenoxy) is 1. The number of aliphatic carboxylic acids is 1. The number of hydrogen-bond donors (Lipinski definition) is 2. The first-order valence-electron chi connectivity index (χ1n) is 4.68. The summed E-state index contributed by atoms with van der Waals surface area (Å²) in [6, 6.07) is 3.64. The number of esters is 1. The molecule has 0 bridgehead atoms. The Hall–Kier alpha value is -1.40. The van der Waals surface area contributed by atoms with Crippen molar-refractivity contribution in [1.82, 2.24) is 5.32 Å². The second kappa shape index (κ2) is 6.24. The molecule has 1 heterocycles. The summed E-state index contributed by atoms with van der Waals surface area (Å²) < 4.78 is 4.47. The molecule has 5 nitrogen and oxygen atoms in total. The number of carbonyl (C=O) groups is 2. The predicted molar refractivity (Wildman–Crippen MR) is 59.4 cm³/mol. The molecular formula is C10H13NO4S. The standard InChI is InChI=1S/C10H13NO4S/c1-15-10(14)6-11-5-8-3-2-7(16-8)4-9(12)13/h2-3,11H,4-6H2,1H3,(H,12,13). The molecule has 0 atom stereocenters. The van der Waals surface area contributed by atoms with Crippen LogP contribution in [0.1, 0.15) is 9.75 Å². The van der Waals surface area contributed by atoms with Crippen LogP contribution < -0.4 is 5.32 Å². The molecule has 0 aliphatic heterocycles. The lowest BCUT2D eigenvalue weighted by Gasteiger charge is -2.00. The Bertz CT molecular complexity index is 375. The van der Waals surface area contributed by atoms with Crippen molar-refractivity contribution in [2.45, 2.75) is 13.0 Å². The monoisotopic (exact) mass is 243 g/mol. The molecule has 0 unspecified atom stereocenters. The third-order valence-electron chi connectivity index (χ3n) is 1.84. The average Bonchev–Trinajstić information content (AvgIpc) is 2.64. The predicted octanol–water partition coefficient (Wildman–Crippen LogP) is 0.638. The van der Waals surface area contributed by atoms with E-state index in [0.29, 0.717) is 6.54 Å². The van der Waals surface area contributed by atoms with Crippen LogP contribution in [0.15, 0.2) is 12.1 Å². The second-order valence-corrected chi connectivity index (χ2v) is 4.37. The van der Waals surface area contributed by atoms with Gasteiger partial charge in [-0.15, -0.1) is 11.3 Å². The van der Waals surface area contributed by atoms with Gasteiger partial charge in [0.1, 0.15) is 0 Å². The maximum atomic E-state index is 10.8. The van der Waals surface area contributed by atoms with Gasteiger partial charge in [0.25, 0.3) is 0 Å². The van der Waals surface area contributed by atoms with E-state index in [1.165, 1.54) is 18.4 Å². The topological polar surface area (TPSA) is 75.6 Å². The Labute approximate surface area is 97.0 Å². The van der Waals surface area contributed by atoms with Crippen molar-refractivity contribution in [3.05, 3.63) is 21.9 Å². The van der Waals surface area contributed by atoms with Crippen LogP contribution in [0, 0.1) is 0 Å². The highest BCUT2D eigenvalue weighted by Crippen LogP contribution is 2.16. The summed E-state index contributed by atoms with van der Waals surface area (Å²) in [5, 5.41) is 11.5. The normalized spacial score (nSPS) is 10.1. The van der Waals surface area contributed by atoms with Crippen LogP contribution in [0.25, 0.3) is 0 Å². The number of carboxylic acid groups (broad SMARTS) is 1. The molecule has 0 saturated carbocycles. The fourth-order valence-corrected chi connectivity index (χ4v) is 2.10. The van der Waals surface area contributed by atoms with Crippen molar-refractivity contribution in [2.75, 3.05) is 13.7 Å². The van der Waals surface area contributed by atoms with Gasteiger partial charge in [0.05, 0.1) is 20.1 Å². The molecule has 1 rings (SSSR count). The lowest BCUT2D eigenvalue weighted by Crippen LogP contribution is -2.22. The molecule has 0 aromatic carbocycles. The van der Waals surface area contributed by atoms with Gasteiger partial charge in [-0.25, -0.2) is 0 Å². The maximum absolute atomic E-state index is 10.8. The van der Waals surface area contributed by atoms with Gasteiger partial charge in [-0.2, -0.15) is 0 Å². The van der Waals surface area contributed by atoms with E-state index in [9.17, 15) is 9.59 Å². The van der Waals surface area contributed by atoms with E-state index in [1.807, 2.05) is 6.07 Å². The SMILES string of the molecule is COC(=O)CNCc1ccc(CC(=O)O)s1. The van der Waals surface area contributed by atoms with E-state index in [-0.39, 0.29) is 18.9 Å². The van der Waals surface area contributed by atoms with Crippen LogP contribution in [0.4, 0.5) is 0 Å². The van der Waals surface area contributed by atoms with E-state index in [1.54, 1.807) is 6.07 Å². The van der Waals surface area contributed by atoms with E-state index < -0.39 is 5.97 Å². The number of nitrogens with one attached hydrogen (secondary N) is 1. The Morgan fingerprint density at radius 3 is 2.75 bits per heavy atom. The van der Waals surface area contributed by atoms with Crippen molar-refractivity contribution in [1.29, 1.82) is 0 Å². The van der Waals surface area contributed by atoms with Gasteiger partial charge >= 0.3 is 11.9 Å². The van der Waals surface area contributed by atoms with Crippen LogP contribution in [0.5, 0.6) is 0 Å². The first-order valence-corrected chi connectivity index (χ1v) is 5.50. The van der Waals surface area contributed by atoms with E-state index in [0.717, 1.165) is 9.75 Å². The van der Waals surface area contributed by atoms with Crippen LogP contribution in [0.2, 0.25) is 0 Å². The number of carbonyl (C=O) groups excluding carboxylic acids is 1. The van der Waals surface area contributed by atoms with E-state index in [2.05, 4.69) is 10.1 Å². The highest BCUT2D eigenvalue weighted by molar-refractivity contribution is 7.12. The molecule has 1 aromatic rings. The number of methoxy groups -OCH3 is 1. The lowest BCUT2D eigenvalue weighted by atomic mass is 10.3. The zero-order chi connectivity index (χ0) is 12.0. The molecule has 0 spiro atoms. The van der Waals surface area contributed by atoms with Gasteiger partial charge < -0.3 is 15.2 Å². The average molecular weight is 243 g/mol. The first-order chi connectivity index (χ1) is 7.61. The summed E-state index contributed by atoms with van der Waals surface area (Å²) in [5.41, 5.74) is 0. The molecule has 0 amide bonds. The van der Waals surface area contributed by atoms with Crippen molar-refractivity contribution in [3.8, 4) is 0 Å². The molecule has 1 aromatic heterocycles. The maximum Gasteiger partial charge on any atom is 0.319 e. The highest BCUT2D eigenvalue weighted by Gasteiger charge is 2.05. The smallest absolute Gasteiger partial charge is 0.319 e. The third-order valence-corrected chi connectivity index (χ3v) is 2.92. The molecule has 0 fully saturated rings. The number of carboxylic acids is 1. The van der Waals surface area contributed by atoms with Gasteiger partial charge in [-0.3, -0.25) is 9.59 Å². The van der Waals surface area contributed by atoms with Gasteiger partial charge in [0, 0.05) is 16.3 Å². The summed E-state index contributed by atoms with van der Waals surface area (Å²) in [6.45, 7) is 0.696. The first kappa shape index (κ1) is 12.7. The Morgan fingerprint density at radius 2 is 2.12 bits per heavy atom. The fourth-order valence-electron chi connectivity index (χ4n) is 1.12. The molecule has 0 aliphatic carbocycles. The van der Waals surface area contributed by atoms with Crippen molar-refractivity contribution in [2.24, 2.45) is 0 Å². The molecule has 6 heteroatoms. The Kier molecular flexibility index (Phi) is 4.94. The van der Waals surface area contributed by atoms with E-state index in [4.69, 9.17) is 5.11 Å². The highest BCUT2D eigenvalue weighted by atomic mass is 32.1.